The SMILES string of the molecule is CNC(c1cc(Br)c(Br)s1)c1c(Cl)cccc1Cl. The van der Waals surface area contributed by atoms with E-state index in [4.69, 9.17) is 23.2 Å². The fourth-order valence-corrected chi connectivity index (χ4v) is 4.55. The van der Waals surface area contributed by atoms with Crippen molar-refractivity contribution in [2.75, 3.05) is 7.05 Å². The molecule has 1 atom stereocenters. The van der Waals surface area contributed by atoms with E-state index in [1.165, 1.54) is 0 Å². The highest BCUT2D eigenvalue weighted by Crippen LogP contribution is 2.40. The number of hydrogen-bond donors (Lipinski definition) is 1. The summed E-state index contributed by atoms with van der Waals surface area (Å²) < 4.78 is 2.09. The van der Waals surface area contributed by atoms with Crippen molar-refractivity contribution in [3.05, 3.63) is 53.0 Å². The molecule has 0 fully saturated rings. The summed E-state index contributed by atoms with van der Waals surface area (Å²) in [6.45, 7) is 0. The predicted molar refractivity (Wildman–Crippen MR) is 87.1 cm³/mol. The summed E-state index contributed by atoms with van der Waals surface area (Å²) >= 11 is 21.2. The van der Waals surface area contributed by atoms with Crippen LogP contribution in [0.2, 0.25) is 10.0 Å². The first-order valence-corrected chi connectivity index (χ1v) is 8.26. The molecule has 1 heterocycles. The molecule has 0 bridgehead atoms. The van der Waals surface area contributed by atoms with E-state index in [1.807, 2.05) is 25.2 Å². The highest BCUT2D eigenvalue weighted by atomic mass is 79.9. The van der Waals surface area contributed by atoms with Gasteiger partial charge < -0.3 is 5.32 Å². The number of halogens is 4. The largest absolute Gasteiger partial charge is 0.309 e. The van der Waals surface area contributed by atoms with Gasteiger partial charge in [-0.2, -0.15) is 0 Å². The van der Waals surface area contributed by atoms with Crippen molar-refractivity contribution >= 4 is 66.4 Å². The van der Waals surface area contributed by atoms with Gasteiger partial charge in [0.1, 0.15) is 0 Å². The summed E-state index contributed by atoms with van der Waals surface area (Å²) in [5.74, 6) is 0. The molecule has 1 aromatic heterocycles. The van der Waals surface area contributed by atoms with E-state index in [-0.39, 0.29) is 6.04 Å². The van der Waals surface area contributed by atoms with Crippen molar-refractivity contribution in [1.82, 2.24) is 5.32 Å². The predicted octanol–water partition coefficient (Wildman–Crippen LogP) is 5.89. The van der Waals surface area contributed by atoms with Gasteiger partial charge >= 0.3 is 0 Å². The van der Waals surface area contributed by atoms with Gasteiger partial charge in [-0.1, -0.05) is 29.3 Å². The molecule has 0 saturated heterocycles. The molecule has 0 spiro atoms. The van der Waals surface area contributed by atoms with Gasteiger partial charge in [0, 0.05) is 25.0 Å². The first kappa shape index (κ1) is 14.8. The summed E-state index contributed by atoms with van der Waals surface area (Å²) in [6.07, 6.45) is 0. The molecule has 1 N–H and O–H groups in total. The minimum absolute atomic E-state index is 0.0150. The van der Waals surface area contributed by atoms with Crippen LogP contribution < -0.4 is 5.32 Å². The standard InChI is InChI=1S/C12H9Br2Cl2NS/c1-17-11(9-5-6(13)12(14)18-9)10-7(15)3-2-4-8(10)16/h2-5,11,17H,1H3. The van der Waals surface area contributed by atoms with Gasteiger partial charge in [-0.05, 0) is 57.1 Å². The van der Waals surface area contributed by atoms with Crippen LogP contribution in [0.4, 0.5) is 0 Å². The quantitative estimate of drug-likeness (QED) is 0.641. The fourth-order valence-electron chi connectivity index (χ4n) is 1.72. The molecule has 0 aliphatic heterocycles. The fraction of sp³-hybridized carbons (Fsp3) is 0.167. The molecule has 96 valence electrons. The Hall–Kier alpha value is 0.420. The van der Waals surface area contributed by atoms with Gasteiger partial charge in [-0.15, -0.1) is 11.3 Å². The smallest absolute Gasteiger partial charge is 0.0843 e. The minimum Gasteiger partial charge on any atom is -0.309 e. The molecule has 0 aliphatic rings. The van der Waals surface area contributed by atoms with E-state index in [0.29, 0.717) is 10.0 Å². The third-order valence-electron chi connectivity index (χ3n) is 2.53. The van der Waals surface area contributed by atoms with Gasteiger partial charge in [-0.3, -0.25) is 0 Å². The van der Waals surface area contributed by atoms with Crippen molar-refractivity contribution in [2.45, 2.75) is 6.04 Å². The highest BCUT2D eigenvalue weighted by molar-refractivity contribution is 9.13. The minimum atomic E-state index is -0.0150. The molecular weight excluding hydrogens is 421 g/mol. The van der Waals surface area contributed by atoms with Crippen molar-refractivity contribution in [3.8, 4) is 0 Å². The summed E-state index contributed by atoms with van der Waals surface area (Å²) in [4.78, 5) is 1.14. The Labute approximate surface area is 137 Å². The maximum atomic E-state index is 6.26. The maximum Gasteiger partial charge on any atom is 0.0843 e. The van der Waals surface area contributed by atoms with Crippen molar-refractivity contribution in [1.29, 1.82) is 0 Å². The molecule has 1 aromatic carbocycles. The van der Waals surface area contributed by atoms with Gasteiger partial charge in [0.15, 0.2) is 0 Å². The Kier molecular flexibility index (Phi) is 5.14. The van der Waals surface area contributed by atoms with Crippen LogP contribution in [0.15, 0.2) is 32.5 Å². The lowest BCUT2D eigenvalue weighted by molar-refractivity contribution is 0.704. The van der Waals surface area contributed by atoms with E-state index in [0.717, 1.165) is 18.7 Å². The topological polar surface area (TPSA) is 12.0 Å². The lowest BCUT2D eigenvalue weighted by Gasteiger charge is -2.18. The Balaban J connectivity index is 2.52. The molecule has 0 saturated carbocycles. The lowest BCUT2D eigenvalue weighted by Crippen LogP contribution is -2.17. The maximum absolute atomic E-state index is 6.26. The molecule has 0 aliphatic carbocycles. The number of hydrogen-bond acceptors (Lipinski definition) is 2. The summed E-state index contributed by atoms with van der Waals surface area (Å²) in [7, 11) is 1.89. The average molecular weight is 430 g/mol. The molecule has 2 aromatic rings. The Morgan fingerprint density at radius 2 is 1.83 bits per heavy atom. The van der Waals surface area contributed by atoms with Gasteiger partial charge in [0.2, 0.25) is 0 Å². The normalized spacial score (nSPS) is 12.7. The molecule has 0 amide bonds. The third-order valence-corrected chi connectivity index (χ3v) is 6.51. The van der Waals surface area contributed by atoms with Crippen LogP contribution in [0.25, 0.3) is 0 Å². The van der Waals surface area contributed by atoms with Crippen molar-refractivity contribution in [3.63, 3.8) is 0 Å². The Morgan fingerprint density at radius 3 is 2.28 bits per heavy atom. The lowest BCUT2D eigenvalue weighted by atomic mass is 10.1. The summed E-state index contributed by atoms with van der Waals surface area (Å²) in [5, 5.41) is 4.59. The van der Waals surface area contributed by atoms with Gasteiger partial charge in [0.05, 0.1) is 9.83 Å². The van der Waals surface area contributed by atoms with Gasteiger partial charge in [-0.25, -0.2) is 0 Å². The van der Waals surface area contributed by atoms with Crippen LogP contribution >= 0.6 is 66.4 Å². The zero-order valence-corrected chi connectivity index (χ0v) is 14.8. The number of rotatable bonds is 3. The van der Waals surface area contributed by atoms with Crippen LogP contribution in [0, 0.1) is 0 Å². The zero-order chi connectivity index (χ0) is 13.3. The third kappa shape index (κ3) is 2.94. The van der Waals surface area contributed by atoms with Crippen molar-refractivity contribution in [2.24, 2.45) is 0 Å². The van der Waals surface area contributed by atoms with E-state index in [9.17, 15) is 0 Å². The van der Waals surface area contributed by atoms with Crippen LogP contribution in [-0.2, 0) is 0 Å². The van der Waals surface area contributed by atoms with Crippen LogP contribution in [0.5, 0.6) is 0 Å². The second-order valence-corrected chi connectivity index (χ2v) is 7.70. The van der Waals surface area contributed by atoms with Crippen LogP contribution in [0.3, 0.4) is 0 Å². The van der Waals surface area contributed by atoms with E-state index < -0.39 is 0 Å². The van der Waals surface area contributed by atoms with Crippen LogP contribution in [0.1, 0.15) is 16.5 Å². The number of benzene rings is 1. The molecular formula is C12H9Br2Cl2NS. The van der Waals surface area contributed by atoms with Gasteiger partial charge in [0.25, 0.3) is 0 Å². The zero-order valence-electron chi connectivity index (χ0n) is 9.31. The van der Waals surface area contributed by atoms with Crippen molar-refractivity contribution < 1.29 is 0 Å². The molecule has 18 heavy (non-hydrogen) atoms. The van der Waals surface area contributed by atoms with E-state index >= 15 is 0 Å². The number of thiophene rings is 1. The van der Waals surface area contributed by atoms with E-state index in [1.54, 1.807) is 11.3 Å². The highest BCUT2D eigenvalue weighted by Gasteiger charge is 2.21. The molecule has 0 radical (unpaired) electrons. The number of nitrogens with one attached hydrogen (secondary N) is 1. The second kappa shape index (κ2) is 6.25. The molecule has 1 unspecified atom stereocenters. The monoisotopic (exact) mass is 427 g/mol. The molecule has 2 rings (SSSR count). The Morgan fingerprint density at radius 1 is 1.22 bits per heavy atom. The second-order valence-electron chi connectivity index (χ2n) is 3.63. The first-order chi connectivity index (χ1) is 8.54. The molecule has 6 heteroatoms. The first-order valence-electron chi connectivity index (χ1n) is 5.10. The average Bonchev–Trinajstić information content (AvgIpc) is 2.64. The summed E-state index contributed by atoms with van der Waals surface area (Å²) in [6, 6.07) is 7.60. The Bertz CT molecular complexity index is 531. The summed E-state index contributed by atoms with van der Waals surface area (Å²) in [5.41, 5.74) is 0.907. The van der Waals surface area contributed by atoms with Crippen LogP contribution in [-0.4, -0.2) is 7.05 Å². The van der Waals surface area contributed by atoms with E-state index in [2.05, 4.69) is 43.2 Å². The molecule has 1 nitrogen and oxygen atoms in total.